The number of piperidine rings is 1. The molecule has 2 aliphatic heterocycles. The number of rotatable bonds is 3. The van der Waals surface area contributed by atoms with Crippen LogP contribution in [-0.4, -0.2) is 22.1 Å². The van der Waals surface area contributed by atoms with Crippen LogP contribution in [0.4, 0.5) is 0 Å². The SMILES string of the molecule is OC1(c2ccc3c(c2)CC3)CC2CCC(C1)N2Cc1ccccc1. The van der Waals surface area contributed by atoms with Crippen molar-refractivity contribution in [3.63, 3.8) is 0 Å². The van der Waals surface area contributed by atoms with Crippen LogP contribution >= 0.6 is 0 Å². The Hall–Kier alpha value is -1.64. The molecule has 2 aromatic carbocycles. The molecule has 0 radical (unpaired) electrons. The second-order valence-corrected chi connectivity index (χ2v) is 7.97. The molecule has 124 valence electrons. The zero-order valence-electron chi connectivity index (χ0n) is 14.1. The van der Waals surface area contributed by atoms with E-state index in [1.165, 1.54) is 42.4 Å². The highest BCUT2D eigenvalue weighted by Crippen LogP contribution is 2.46. The summed E-state index contributed by atoms with van der Waals surface area (Å²) in [6.07, 6.45) is 6.62. The molecular formula is C22H25NO. The molecule has 0 amide bonds. The van der Waals surface area contributed by atoms with Crippen LogP contribution in [0.2, 0.25) is 0 Å². The second-order valence-electron chi connectivity index (χ2n) is 7.97. The summed E-state index contributed by atoms with van der Waals surface area (Å²) in [6, 6.07) is 18.5. The van der Waals surface area contributed by atoms with Gasteiger partial charge in [-0.25, -0.2) is 0 Å². The molecule has 0 aromatic heterocycles. The first-order valence-electron chi connectivity index (χ1n) is 9.36. The van der Waals surface area contributed by atoms with Crippen LogP contribution < -0.4 is 0 Å². The average Bonchev–Trinajstić information content (AvgIpc) is 2.81. The van der Waals surface area contributed by atoms with Gasteiger partial charge in [-0.3, -0.25) is 4.90 Å². The minimum atomic E-state index is -0.621. The summed E-state index contributed by atoms with van der Waals surface area (Å²) in [5, 5.41) is 11.4. The first kappa shape index (κ1) is 14.7. The van der Waals surface area contributed by atoms with E-state index in [1.54, 1.807) is 0 Å². The quantitative estimate of drug-likeness (QED) is 0.930. The number of hydrogen-bond acceptors (Lipinski definition) is 2. The lowest BCUT2D eigenvalue weighted by Gasteiger charge is -2.44. The molecule has 2 bridgehead atoms. The molecule has 2 saturated heterocycles. The summed E-state index contributed by atoms with van der Waals surface area (Å²) >= 11 is 0. The number of nitrogens with zero attached hydrogens (tertiary/aromatic N) is 1. The fraction of sp³-hybridized carbons (Fsp3) is 0.455. The standard InChI is InChI=1S/C22H25NO/c24-22(19-9-8-17-6-7-18(17)12-19)13-20-10-11-21(14-22)23(20)15-16-4-2-1-3-5-16/h1-5,8-9,12,20-21,24H,6-7,10-11,13-15H2. The zero-order valence-corrected chi connectivity index (χ0v) is 14.1. The molecule has 3 aliphatic rings. The lowest BCUT2D eigenvalue weighted by atomic mass is 9.77. The van der Waals surface area contributed by atoms with E-state index < -0.39 is 5.60 Å². The minimum absolute atomic E-state index is 0.514. The molecule has 5 rings (SSSR count). The topological polar surface area (TPSA) is 23.5 Å². The van der Waals surface area contributed by atoms with Crippen molar-refractivity contribution in [2.75, 3.05) is 0 Å². The van der Waals surface area contributed by atoms with Gasteiger partial charge in [0.15, 0.2) is 0 Å². The summed E-state index contributed by atoms with van der Waals surface area (Å²) in [5.74, 6) is 0. The first-order valence-corrected chi connectivity index (χ1v) is 9.36. The number of hydrogen-bond donors (Lipinski definition) is 1. The van der Waals surface area contributed by atoms with E-state index >= 15 is 0 Å². The molecule has 1 N–H and O–H groups in total. The molecule has 2 atom stereocenters. The van der Waals surface area contributed by atoms with Gasteiger partial charge in [-0.15, -0.1) is 0 Å². The predicted octanol–water partition coefficient (Wildman–Crippen LogP) is 3.80. The van der Waals surface area contributed by atoms with Crippen LogP contribution in [-0.2, 0) is 25.0 Å². The van der Waals surface area contributed by atoms with Crippen LogP contribution in [0, 0.1) is 0 Å². The van der Waals surface area contributed by atoms with Crippen molar-refractivity contribution in [2.24, 2.45) is 0 Å². The predicted molar refractivity (Wildman–Crippen MR) is 95.8 cm³/mol. The summed E-state index contributed by atoms with van der Waals surface area (Å²) in [5.41, 5.74) is 4.87. The van der Waals surface area contributed by atoms with Gasteiger partial charge in [0.2, 0.25) is 0 Å². The van der Waals surface area contributed by atoms with Crippen LogP contribution in [0.5, 0.6) is 0 Å². The van der Waals surface area contributed by atoms with Gasteiger partial charge < -0.3 is 5.11 Å². The van der Waals surface area contributed by atoms with Gasteiger partial charge in [0, 0.05) is 18.6 Å². The average molecular weight is 319 g/mol. The van der Waals surface area contributed by atoms with Crippen molar-refractivity contribution in [3.05, 3.63) is 70.8 Å². The van der Waals surface area contributed by atoms with Crippen molar-refractivity contribution in [1.29, 1.82) is 0 Å². The number of aliphatic hydroxyl groups is 1. The maximum Gasteiger partial charge on any atom is 0.0926 e. The van der Waals surface area contributed by atoms with Crippen LogP contribution in [0.3, 0.4) is 0 Å². The van der Waals surface area contributed by atoms with Crippen molar-refractivity contribution >= 4 is 0 Å². The van der Waals surface area contributed by atoms with E-state index in [0.29, 0.717) is 12.1 Å². The number of aryl methyl sites for hydroxylation is 2. The molecule has 24 heavy (non-hydrogen) atoms. The van der Waals surface area contributed by atoms with E-state index in [0.717, 1.165) is 24.9 Å². The smallest absolute Gasteiger partial charge is 0.0926 e. The fourth-order valence-electron chi connectivity index (χ4n) is 5.09. The summed E-state index contributed by atoms with van der Waals surface area (Å²) in [7, 11) is 0. The van der Waals surface area contributed by atoms with Gasteiger partial charge in [0.1, 0.15) is 0 Å². The molecule has 2 fully saturated rings. The summed E-state index contributed by atoms with van der Waals surface area (Å²) in [4.78, 5) is 2.64. The Labute approximate surface area is 144 Å². The van der Waals surface area contributed by atoms with Gasteiger partial charge in [-0.2, -0.15) is 0 Å². The molecule has 2 heterocycles. The number of fused-ring (bicyclic) bond motifs is 3. The third-order valence-corrected chi connectivity index (χ3v) is 6.53. The summed E-state index contributed by atoms with van der Waals surface area (Å²) in [6.45, 7) is 1.02. The van der Waals surface area contributed by atoms with Crippen LogP contribution in [0.25, 0.3) is 0 Å². The fourth-order valence-corrected chi connectivity index (χ4v) is 5.09. The molecule has 2 heteroatoms. The highest BCUT2D eigenvalue weighted by molar-refractivity contribution is 5.41. The molecule has 1 aliphatic carbocycles. The molecule has 2 nitrogen and oxygen atoms in total. The van der Waals surface area contributed by atoms with Gasteiger partial charge in [0.05, 0.1) is 5.60 Å². The zero-order chi connectivity index (χ0) is 16.1. The van der Waals surface area contributed by atoms with Crippen molar-refractivity contribution in [2.45, 2.75) is 62.8 Å². The van der Waals surface area contributed by atoms with Gasteiger partial charge in [-0.1, -0.05) is 48.5 Å². The Bertz CT molecular complexity index is 740. The van der Waals surface area contributed by atoms with E-state index in [9.17, 15) is 5.11 Å². The molecule has 0 saturated carbocycles. The highest BCUT2D eigenvalue weighted by Gasteiger charge is 2.48. The van der Waals surface area contributed by atoms with Crippen molar-refractivity contribution < 1.29 is 5.11 Å². The Morgan fingerprint density at radius 2 is 1.62 bits per heavy atom. The van der Waals surface area contributed by atoms with Crippen LogP contribution in [0.1, 0.15) is 47.9 Å². The van der Waals surface area contributed by atoms with E-state index in [4.69, 9.17) is 0 Å². The van der Waals surface area contributed by atoms with Crippen LogP contribution in [0.15, 0.2) is 48.5 Å². The lowest BCUT2D eigenvalue weighted by Crippen LogP contribution is -2.49. The largest absolute Gasteiger partial charge is 0.385 e. The number of benzene rings is 2. The Morgan fingerprint density at radius 3 is 2.25 bits per heavy atom. The van der Waals surface area contributed by atoms with Crippen molar-refractivity contribution in [1.82, 2.24) is 4.90 Å². The van der Waals surface area contributed by atoms with E-state index in [-0.39, 0.29) is 0 Å². The monoisotopic (exact) mass is 319 g/mol. The highest BCUT2D eigenvalue weighted by atomic mass is 16.3. The first-order chi connectivity index (χ1) is 11.7. The van der Waals surface area contributed by atoms with Gasteiger partial charge in [-0.05, 0) is 60.8 Å². The molecule has 2 aromatic rings. The second kappa shape index (κ2) is 5.44. The summed E-state index contributed by atoms with van der Waals surface area (Å²) < 4.78 is 0. The lowest BCUT2D eigenvalue weighted by molar-refractivity contribution is -0.0595. The third kappa shape index (κ3) is 2.32. The third-order valence-electron chi connectivity index (χ3n) is 6.53. The Kier molecular flexibility index (Phi) is 3.33. The normalized spacial score (nSPS) is 31.5. The molecule has 0 spiro atoms. The molecular weight excluding hydrogens is 294 g/mol. The Balaban J connectivity index is 1.38. The van der Waals surface area contributed by atoms with Gasteiger partial charge >= 0.3 is 0 Å². The van der Waals surface area contributed by atoms with Crippen molar-refractivity contribution in [3.8, 4) is 0 Å². The van der Waals surface area contributed by atoms with E-state index in [1.807, 2.05) is 0 Å². The van der Waals surface area contributed by atoms with Gasteiger partial charge in [0.25, 0.3) is 0 Å². The Morgan fingerprint density at radius 1 is 0.917 bits per heavy atom. The minimum Gasteiger partial charge on any atom is -0.385 e. The maximum atomic E-state index is 11.4. The maximum absolute atomic E-state index is 11.4. The van der Waals surface area contributed by atoms with E-state index in [2.05, 4.69) is 53.4 Å². The molecule has 2 unspecified atom stereocenters.